The number of para-hydroxylation sites is 1. The Morgan fingerprint density at radius 2 is 1.69 bits per heavy atom. The highest BCUT2D eigenvalue weighted by Crippen LogP contribution is 2.26. The van der Waals surface area contributed by atoms with Gasteiger partial charge in [-0.3, -0.25) is 4.79 Å². The number of hydrogen-bond acceptors (Lipinski definition) is 3. The Morgan fingerprint density at radius 1 is 1.08 bits per heavy atom. The molecule has 6 heteroatoms. The second kappa shape index (κ2) is 8.56. The number of benzene rings is 2. The van der Waals surface area contributed by atoms with E-state index in [9.17, 15) is 18.4 Å². The van der Waals surface area contributed by atoms with Gasteiger partial charge >= 0.3 is 5.97 Å². The summed E-state index contributed by atoms with van der Waals surface area (Å²) in [5.41, 5.74) is 1.34. The van der Waals surface area contributed by atoms with Crippen molar-refractivity contribution < 1.29 is 23.1 Å². The van der Waals surface area contributed by atoms with Crippen molar-refractivity contribution in [3.63, 3.8) is 0 Å². The fourth-order valence-electron chi connectivity index (χ4n) is 2.45. The third-order valence-corrected chi connectivity index (χ3v) is 4.11. The fraction of sp³-hybridized carbons (Fsp3) is 0.300. The maximum atomic E-state index is 13.2. The molecule has 2 aromatic rings. The van der Waals surface area contributed by atoms with Gasteiger partial charge in [-0.1, -0.05) is 32.0 Å². The Labute approximate surface area is 151 Å². The Bertz CT molecular complexity index is 787. The molecule has 138 valence electrons. The molecule has 0 spiro atoms. The molecular weight excluding hydrogens is 340 g/mol. The van der Waals surface area contributed by atoms with Crippen molar-refractivity contribution in [2.24, 2.45) is 0 Å². The van der Waals surface area contributed by atoms with Crippen molar-refractivity contribution in [2.75, 3.05) is 5.32 Å². The molecule has 0 aliphatic carbocycles. The Balaban J connectivity index is 2.07. The molecule has 0 saturated heterocycles. The number of halogens is 2. The van der Waals surface area contributed by atoms with Crippen molar-refractivity contribution in [3.8, 4) is 0 Å². The zero-order valence-electron chi connectivity index (χ0n) is 14.9. The van der Waals surface area contributed by atoms with E-state index in [1.54, 1.807) is 12.1 Å². The van der Waals surface area contributed by atoms with Crippen molar-refractivity contribution in [2.45, 2.75) is 39.2 Å². The lowest BCUT2D eigenvalue weighted by atomic mass is 9.97. The number of esters is 1. The van der Waals surface area contributed by atoms with E-state index in [-0.39, 0.29) is 11.5 Å². The zero-order valence-corrected chi connectivity index (χ0v) is 14.9. The third kappa shape index (κ3) is 4.88. The van der Waals surface area contributed by atoms with E-state index in [1.165, 1.54) is 6.92 Å². The van der Waals surface area contributed by atoms with Crippen LogP contribution in [-0.4, -0.2) is 18.0 Å². The van der Waals surface area contributed by atoms with Crippen molar-refractivity contribution in [1.82, 2.24) is 0 Å². The van der Waals surface area contributed by atoms with Crippen LogP contribution in [0.25, 0.3) is 0 Å². The van der Waals surface area contributed by atoms with E-state index >= 15 is 0 Å². The molecule has 1 N–H and O–H groups in total. The first-order chi connectivity index (χ1) is 12.3. The van der Waals surface area contributed by atoms with Gasteiger partial charge in [0.25, 0.3) is 5.91 Å². The van der Waals surface area contributed by atoms with Crippen LogP contribution in [0.15, 0.2) is 42.5 Å². The molecule has 0 aliphatic rings. The van der Waals surface area contributed by atoms with E-state index in [4.69, 9.17) is 4.74 Å². The second-order valence-corrected chi connectivity index (χ2v) is 6.09. The summed E-state index contributed by atoms with van der Waals surface area (Å²) in [6, 6.07) is 9.75. The number of ether oxygens (including phenoxy) is 1. The lowest BCUT2D eigenvalue weighted by molar-refractivity contribution is -0.123. The van der Waals surface area contributed by atoms with Gasteiger partial charge in [0.15, 0.2) is 6.10 Å². The summed E-state index contributed by atoms with van der Waals surface area (Å²) < 4.78 is 31.4. The molecule has 2 atom stereocenters. The predicted octanol–water partition coefficient (Wildman–Crippen LogP) is 4.66. The van der Waals surface area contributed by atoms with Gasteiger partial charge in [-0.2, -0.15) is 0 Å². The van der Waals surface area contributed by atoms with E-state index in [1.807, 2.05) is 26.0 Å². The predicted molar refractivity (Wildman–Crippen MR) is 95.0 cm³/mol. The van der Waals surface area contributed by atoms with Gasteiger partial charge in [-0.25, -0.2) is 13.6 Å². The SMILES string of the molecule is CC[C@H](C)c1ccccc1NC(=O)[C@H](C)OC(=O)c1cc(F)cc(F)c1. The summed E-state index contributed by atoms with van der Waals surface area (Å²) in [5, 5.41) is 2.74. The van der Waals surface area contributed by atoms with E-state index < -0.39 is 29.6 Å². The van der Waals surface area contributed by atoms with Crippen LogP contribution in [0.5, 0.6) is 0 Å². The number of anilines is 1. The van der Waals surface area contributed by atoms with Crippen LogP contribution in [0, 0.1) is 11.6 Å². The molecule has 0 unspecified atom stereocenters. The molecule has 26 heavy (non-hydrogen) atoms. The molecule has 0 aromatic heterocycles. The molecule has 0 saturated carbocycles. The summed E-state index contributed by atoms with van der Waals surface area (Å²) in [7, 11) is 0. The molecule has 1 amide bonds. The zero-order chi connectivity index (χ0) is 19.3. The Morgan fingerprint density at radius 3 is 2.31 bits per heavy atom. The summed E-state index contributed by atoms with van der Waals surface area (Å²) >= 11 is 0. The molecule has 2 aromatic carbocycles. The monoisotopic (exact) mass is 361 g/mol. The maximum Gasteiger partial charge on any atom is 0.339 e. The number of nitrogens with one attached hydrogen (secondary N) is 1. The van der Waals surface area contributed by atoms with E-state index in [0.29, 0.717) is 11.8 Å². The lowest BCUT2D eigenvalue weighted by Gasteiger charge is -2.18. The quantitative estimate of drug-likeness (QED) is 0.761. The molecular formula is C20H21F2NO3. The van der Waals surface area contributed by atoms with Crippen molar-refractivity contribution >= 4 is 17.6 Å². The van der Waals surface area contributed by atoms with Crippen LogP contribution in [0.4, 0.5) is 14.5 Å². The van der Waals surface area contributed by atoms with Gasteiger partial charge in [0.05, 0.1) is 5.56 Å². The number of carbonyl (C=O) groups excluding carboxylic acids is 2. The smallest absolute Gasteiger partial charge is 0.339 e. The normalized spacial score (nSPS) is 13.0. The lowest BCUT2D eigenvalue weighted by Crippen LogP contribution is -2.30. The minimum Gasteiger partial charge on any atom is -0.449 e. The summed E-state index contributed by atoms with van der Waals surface area (Å²) in [5.74, 6) is -3.03. The fourth-order valence-corrected chi connectivity index (χ4v) is 2.45. The molecule has 0 radical (unpaired) electrons. The van der Waals surface area contributed by atoms with Crippen molar-refractivity contribution in [1.29, 1.82) is 0 Å². The minimum absolute atomic E-state index is 0.250. The van der Waals surface area contributed by atoms with Gasteiger partial charge in [0, 0.05) is 11.8 Å². The highest BCUT2D eigenvalue weighted by atomic mass is 19.1. The molecule has 0 bridgehead atoms. The van der Waals surface area contributed by atoms with Gasteiger partial charge in [-0.05, 0) is 43.0 Å². The number of hydrogen-bond donors (Lipinski definition) is 1. The van der Waals surface area contributed by atoms with Gasteiger partial charge in [0.1, 0.15) is 11.6 Å². The maximum absolute atomic E-state index is 13.2. The van der Waals surface area contributed by atoms with Crippen molar-refractivity contribution in [3.05, 3.63) is 65.2 Å². The van der Waals surface area contributed by atoms with Crippen LogP contribution >= 0.6 is 0 Å². The van der Waals surface area contributed by atoms with Crippen LogP contribution in [-0.2, 0) is 9.53 Å². The molecule has 0 heterocycles. The Hall–Kier alpha value is -2.76. The van der Waals surface area contributed by atoms with Crippen LogP contribution in [0.3, 0.4) is 0 Å². The number of rotatable bonds is 6. The van der Waals surface area contributed by atoms with E-state index in [2.05, 4.69) is 5.32 Å². The highest BCUT2D eigenvalue weighted by molar-refractivity contribution is 5.97. The Kier molecular flexibility index (Phi) is 6.44. The molecule has 2 rings (SSSR count). The first-order valence-electron chi connectivity index (χ1n) is 8.38. The first-order valence-corrected chi connectivity index (χ1v) is 8.38. The van der Waals surface area contributed by atoms with Crippen LogP contribution < -0.4 is 5.32 Å². The third-order valence-electron chi connectivity index (χ3n) is 4.11. The average Bonchev–Trinajstić information content (AvgIpc) is 2.60. The standard InChI is InChI=1S/C20H21F2NO3/c1-4-12(2)17-7-5-6-8-18(17)23-19(24)13(3)26-20(25)14-9-15(21)11-16(22)10-14/h5-13H,4H2,1-3H3,(H,23,24)/t12-,13-/m0/s1. The minimum atomic E-state index is -1.13. The van der Waals surface area contributed by atoms with Gasteiger partial charge in [0.2, 0.25) is 0 Å². The molecule has 4 nitrogen and oxygen atoms in total. The summed E-state index contributed by atoms with van der Waals surface area (Å²) in [6.45, 7) is 5.49. The second-order valence-electron chi connectivity index (χ2n) is 6.09. The number of amides is 1. The summed E-state index contributed by atoms with van der Waals surface area (Å²) in [6.07, 6.45) is -0.221. The van der Waals surface area contributed by atoms with Gasteiger partial charge < -0.3 is 10.1 Å². The topological polar surface area (TPSA) is 55.4 Å². The molecule has 0 aliphatic heterocycles. The first kappa shape index (κ1) is 19.6. The van der Waals surface area contributed by atoms with E-state index in [0.717, 1.165) is 24.1 Å². The highest BCUT2D eigenvalue weighted by Gasteiger charge is 2.21. The largest absolute Gasteiger partial charge is 0.449 e. The average molecular weight is 361 g/mol. The van der Waals surface area contributed by atoms with Gasteiger partial charge in [-0.15, -0.1) is 0 Å². The molecule has 0 fully saturated rings. The van der Waals surface area contributed by atoms with Crippen LogP contribution in [0.1, 0.15) is 49.0 Å². The number of carbonyl (C=O) groups is 2. The summed E-state index contributed by atoms with van der Waals surface area (Å²) in [4.78, 5) is 24.3. The van der Waals surface area contributed by atoms with Crippen LogP contribution in [0.2, 0.25) is 0 Å².